The van der Waals surface area contributed by atoms with E-state index in [1.807, 2.05) is 42.5 Å². The smallest absolute Gasteiger partial charge is 0.227 e. The van der Waals surface area contributed by atoms with E-state index in [2.05, 4.69) is 5.32 Å². The molecular formula is C20H23NO3. The second-order valence-corrected chi connectivity index (χ2v) is 6.11. The number of benzene rings is 2. The van der Waals surface area contributed by atoms with Crippen molar-refractivity contribution in [3.63, 3.8) is 0 Å². The SMILES string of the molecule is COc1ccc(-c2cc(NC(=O)C3CCCC3)ccc2OC)cc1. The summed E-state index contributed by atoms with van der Waals surface area (Å²) in [5.74, 6) is 1.86. The van der Waals surface area contributed by atoms with Crippen molar-refractivity contribution in [3.05, 3.63) is 42.5 Å². The Morgan fingerprint density at radius 3 is 2.33 bits per heavy atom. The topological polar surface area (TPSA) is 47.6 Å². The highest BCUT2D eigenvalue weighted by atomic mass is 16.5. The lowest BCUT2D eigenvalue weighted by atomic mass is 10.0. The van der Waals surface area contributed by atoms with Crippen LogP contribution in [0.3, 0.4) is 0 Å². The Morgan fingerprint density at radius 1 is 1.00 bits per heavy atom. The predicted octanol–water partition coefficient (Wildman–Crippen LogP) is 4.50. The van der Waals surface area contributed by atoms with Crippen molar-refractivity contribution >= 4 is 11.6 Å². The third-order valence-corrected chi connectivity index (χ3v) is 4.59. The van der Waals surface area contributed by atoms with E-state index in [0.717, 1.165) is 54.0 Å². The molecule has 0 aliphatic heterocycles. The lowest BCUT2D eigenvalue weighted by Gasteiger charge is -2.14. The third-order valence-electron chi connectivity index (χ3n) is 4.59. The summed E-state index contributed by atoms with van der Waals surface area (Å²) >= 11 is 0. The van der Waals surface area contributed by atoms with Crippen molar-refractivity contribution in [1.82, 2.24) is 0 Å². The molecule has 2 aromatic carbocycles. The summed E-state index contributed by atoms with van der Waals surface area (Å²) in [6, 6.07) is 13.5. The number of hydrogen-bond donors (Lipinski definition) is 1. The van der Waals surface area contributed by atoms with Crippen LogP contribution in [0.5, 0.6) is 11.5 Å². The van der Waals surface area contributed by atoms with Crippen LogP contribution < -0.4 is 14.8 Å². The maximum Gasteiger partial charge on any atom is 0.227 e. The molecule has 0 saturated heterocycles. The van der Waals surface area contributed by atoms with Gasteiger partial charge in [0.15, 0.2) is 0 Å². The standard InChI is InChI=1S/C20H23NO3/c1-23-17-10-7-14(8-11-17)18-13-16(9-12-19(18)24-2)21-20(22)15-5-3-4-6-15/h7-13,15H,3-6H2,1-2H3,(H,21,22). The number of carbonyl (C=O) groups is 1. The van der Waals surface area contributed by atoms with Crippen LogP contribution in [0.4, 0.5) is 5.69 Å². The number of anilines is 1. The predicted molar refractivity (Wildman–Crippen MR) is 95.6 cm³/mol. The largest absolute Gasteiger partial charge is 0.497 e. The summed E-state index contributed by atoms with van der Waals surface area (Å²) < 4.78 is 10.7. The van der Waals surface area contributed by atoms with Gasteiger partial charge in [-0.25, -0.2) is 0 Å². The van der Waals surface area contributed by atoms with Gasteiger partial charge >= 0.3 is 0 Å². The van der Waals surface area contributed by atoms with Gasteiger partial charge in [0.1, 0.15) is 11.5 Å². The highest BCUT2D eigenvalue weighted by Gasteiger charge is 2.22. The van der Waals surface area contributed by atoms with E-state index in [1.165, 1.54) is 0 Å². The highest BCUT2D eigenvalue weighted by Crippen LogP contribution is 2.34. The van der Waals surface area contributed by atoms with Gasteiger partial charge in [-0.3, -0.25) is 4.79 Å². The van der Waals surface area contributed by atoms with E-state index in [-0.39, 0.29) is 11.8 Å². The molecule has 0 bridgehead atoms. The Kier molecular flexibility index (Phi) is 5.04. The molecule has 1 aliphatic rings. The van der Waals surface area contributed by atoms with Crippen LogP contribution in [0.1, 0.15) is 25.7 Å². The molecule has 0 heterocycles. The van der Waals surface area contributed by atoms with Crippen molar-refractivity contribution in [1.29, 1.82) is 0 Å². The quantitative estimate of drug-likeness (QED) is 0.880. The third kappa shape index (κ3) is 3.53. The normalized spacial score (nSPS) is 14.4. The molecule has 24 heavy (non-hydrogen) atoms. The summed E-state index contributed by atoms with van der Waals surface area (Å²) in [5, 5.41) is 3.05. The van der Waals surface area contributed by atoms with Crippen molar-refractivity contribution in [2.45, 2.75) is 25.7 Å². The van der Waals surface area contributed by atoms with E-state index in [0.29, 0.717) is 0 Å². The summed E-state index contributed by atoms with van der Waals surface area (Å²) in [6.45, 7) is 0. The number of hydrogen-bond acceptors (Lipinski definition) is 3. The minimum absolute atomic E-state index is 0.123. The molecular weight excluding hydrogens is 302 g/mol. The number of methoxy groups -OCH3 is 2. The summed E-state index contributed by atoms with van der Waals surface area (Å²) in [5.41, 5.74) is 2.77. The first-order valence-electron chi connectivity index (χ1n) is 8.34. The Bertz CT molecular complexity index is 703. The molecule has 4 heteroatoms. The van der Waals surface area contributed by atoms with Gasteiger partial charge in [-0.05, 0) is 48.7 Å². The Labute approximate surface area is 142 Å². The minimum atomic E-state index is 0.123. The van der Waals surface area contributed by atoms with Crippen LogP contribution in [0.15, 0.2) is 42.5 Å². The number of nitrogens with one attached hydrogen (secondary N) is 1. The summed E-state index contributed by atoms with van der Waals surface area (Å²) in [6.07, 6.45) is 4.29. The molecule has 4 nitrogen and oxygen atoms in total. The van der Waals surface area contributed by atoms with E-state index in [1.54, 1.807) is 14.2 Å². The molecule has 1 amide bonds. The maximum atomic E-state index is 12.3. The average Bonchev–Trinajstić information content (AvgIpc) is 3.16. The van der Waals surface area contributed by atoms with Crippen LogP contribution in [-0.2, 0) is 4.79 Å². The average molecular weight is 325 g/mol. The van der Waals surface area contributed by atoms with E-state index >= 15 is 0 Å². The second kappa shape index (κ2) is 7.39. The van der Waals surface area contributed by atoms with Gasteiger partial charge in [-0.2, -0.15) is 0 Å². The zero-order valence-corrected chi connectivity index (χ0v) is 14.2. The molecule has 2 aromatic rings. The number of carbonyl (C=O) groups excluding carboxylic acids is 1. The Hall–Kier alpha value is -2.49. The van der Waals surface area contributed by atoms with Gasteiger partial charge in [-0.1, -0.05) is 25.0 Å². The lowest BCUT2D eigenvalue weighted by molar-refractivity contribution is -0.119. The summed E-state index contributed by atoms with van der Waals surface area (Å²) in [7, 11) is 3.30. The molecule has 0 radical (unpaired) electrons. The Balaban J connectivity index is 1.85. The molecule has 1 fully saturated rings. The zero-order chi connectivity index (χ0) is 16.9. The fraction of sp³-hybridized carbons (Fsp3) is 0.350. The van der Waals surface area contributed by atoms with E-state index in [9.17, 15) is 4.79 Å². The Morgan fingerprint density at radius 2 is 1.71 bits per heavy atom. The molecule has 1 N–H and O–H groups in total. The van der Waals surface area contributed by atoms with Gasteiger partial charge < -0.3 is 14.8 Å². The van der Waals surface area contributed by atoms with Crippen LogP contribution in [0.2, 0.25) is 0 Å². The molecule has 0 spiro atoms. The first-order valence-corrected chi connectivity index (χ1v) is 8.34. The van der Waals surface area contributed by atoms with Crippen molar-refractivity contribution < 1.29 is 14.3 Å². The van der Waals surface area contributed by atoms with Crippen LogP contribution in [0, 0.1) is 5.92 Å². The molecule has 1 aliphatic carbocycles. The molecule has 0 unspecified atom stereocenters. The minimum Gasteiger partial charge on any atom is -0.497 e. The van der Waals surface area contributed by atoms with E-state index in [4.69, 9.17) is 9.47 Å². The van der Waals surface area contributed by atoms with Gasteiger partial charge in [0, 0.05) is 17.2 Å². The second-order valence-electron chi connectivity index (χ2n) is 6.11. The zero-order valence-electron chi connectivity index (χ0n) is 14.2. The van der Waals surface area contributed by atoms with Crippen LogP contribution in [-0.4, -0.2) is 20.1 Å². The van der Waals surface area contributed by atoms with Gasteiger partial charge in [0.25, 0.3) is 0 Å². The number of ether oxygens (including phenoxy) is 2. The van der Waals surface area contributed by atoms with Gasteiger partial charge in [-0.15, -0.1) is 0 Å². The first-order chi connectivity index (χ1) is 11.7. The van der Waals surface area contributed by atoms with Crippen LogP contribution in [0.25, 0.3) is 11.1 Å². The monoisotopic (exact) mass is 325 g/mol. The first kappa shape index (κ1) is 16.4. The number of rotatable bonds is 5. The molecule has 1 saturated carbocycles. The fourth-order valence-corrected chi connectivity index (χ4v) is 3.21. The fourth-order valence-electron chi connectivity index (χ4n) is 3.21. The highest BCUT2D eigenvalue weighted by molar-refractivity contribution is 5.93. The van der Waals surface area contributed by atoms with Gasteiger partial charge in [0.05, 0.1) is 14.2 Å². The van der Waals surface area contributed by atoms with Crippen molar-refractivity contribution in [2.24, 2.45) is 5.92 Å². The molecule has 126 valence electrons. The molecule has 0 atom stereocenters. The van der Waals surface area contributed by atoms with E-state index < -0.39 is 0 Å². The number of amides is 1. The summed E-state index contributed by atoms with van der Waals surface area (Å²) in [4.78, 5) is 12.3. The lowest BCUT2D eigenvalue weighted by Crippen LogP contribution is -2.20. The molecule has 0 aromatic heterocycles. The van der Waals surface area contributed by atoms with Crippen molar-refractivity contribution in [2.75, 3.05) is 19.5 Å². The van der Waals surface area contributed by atoms with Crippen molar-refractivity contribution in [3.8, 4) is 22.6 Å². The van der Waals surface area contributed by atoms with Gasteiger partial charge in [0.2, 0.25) is 5.91 Å². The van der Waals surface area contributed by atoms with Crippen LogP contribution >= 0.6 is 0 Å². The maximum absolute atomic E-state index is 12.3. The molecule has 3 rings (SSSR count).